The van der Waals surface area contributed by atoms with Crippen LogP contribution >= 0.6 is 0 Å². The lowest BCUT2D eigenvalue weighted by molar-refractivity contribution is -0.119. The van der Waals surface area contributed by atoms with Crippen LogP contribution < -0.4 is 15.4 Å². The maximum Gasteiger partial charge on any atom is 0.228 e. The molecule has 4 aromatic heterocycles. The van der Waals surface area contributed by atoms with Crippen molar-refractivity contribution in [1.82, 2.24) is 34.9 Å². The highest BCUT2D eigenvalue weighted by Gasteiger charge is 2.23. The minimum atomic E-state index is 0.0284. The predicted octanol–water partition coefficient (Wildman–Crippen LogP) is 2.54. The maximum absolute atomic E-state index is 11.3. The van der Waals surface area contributed by atoms with Crippen LogP contribution in [0.2, 0.25) is 0 Å². The third kappa shape index (κ3) is 3.76. The van der Waals surface area contributed by atoms with Crippen molar-refractivity contribution in [2.45, 2.75) is 44.7 Å². The molecule has 1 saturated carbocycles. The Bertz CT molecular complexity index is 1240. The van der Waals surface area contributed by atoms with E-state index in [0.29, 0.717) is 17.5 Å². The summed E-state index contributed by atoms with van der Waals surface area (Å²) in [4.78, 5) is 28.1. The Labute approximate surface area is 178 Å². The maximum atomic E-state index is 11.3. The van der Waals surface area contributed by atoms with Gasteiger partial charge in [-0.2, -0.15) is 15.1 Å². The van der Waals surface area contributed by atoms with E-state index >= 15 is 0 Å². The number of aromatic nitrogens is 6. The summed E-state index contributed by atoms with van der Waals surface area (Å²) in [6, 6.07) is 4.46. The SMILES string of the molecule is COc1nc(NC2CCC(NC(C)=O)CC2)nc2[nH]cc(-c3ccn4ncnc4c3)c12. The van der Waals surface area contributed by atoms with Gasteiger partial charge in [-0.1, -0.05) is 0 Å². The monoisotopic (exact) mass is 420 g/mol. The summed E-state index contributed by atoms with van der Waals surface area (Å²) in [5.41, 5.74) is 3.39. The number of ether oxygens (including phenoxy) is 1. The number of pyridine rings is 1. The Balaban J connectivity index is 1.40. The van der Waals surface area contributed by atoms with Crippen LogP contribution in [0.3, 0.4) is 0 Å². The number of rotatable bonds is 5. The molecule has 31 heavy (non-hydrogen) atoms. The van der Waals surface area contributed by atoms with E-state index in [1.54, 1.807) is 18.5 Å². The smallest absolute Gasteiger partial charge is 0.228 e. The second-order valence-electron chi connectivity index (χ2n) is 7.85. The first kappa shape index (κ1) is 19.3. The van der Waals surface area contributed by atoms with Crippen molar-refractivity contribution in [3.63, 3.8) is 0 Å². The number of carbonyl (C=O) groups is 1. The fraction of sp³-hybridized carbons (Fsp3) is 0.381. The van der Waals surface area contributed by atoms with Crippen molar-refractivity contribution in [1.29, 1.82) is 0 Å². The molecule has 1 fully saturated rings. The molecule has 10 heteroatoms. The molecule has 160 valence electrons. The predicted molar refractivity (Wildman–Crippen MR) is 116 cm³/mol. The zero-order valence-electron chi connectivity index (χ0n) is 17.4. The average Bonchev–Trinajstić information content (AvgIpc) is 3.40. The highest BCUT2D eigenvalue weighted by molar-refractivity contribution is 5.98. The van der Waals surface area contributed by atoms with Crippen LogP contribution in [0.25, 0.3) is 27.8 Å². The second kappa shape index (κ2) is 7.86. The Morgan fingerprint density at radius 1 is 1.23 bits per heavy atom. The van der Waals surface area contributed by atoms with Crippen molar-refractivity contribution in [2.75, 3.05) is 12.4 Å². The van der Waals surface area contributed by atoms with Crippen LogP contribution in [0.1, 0.15) is 32.6 Å². The van der Waals surface area contributed by atoms with Gasteiger partial charge in [0.05, 0.1) is 12.5 Å². The molecule has 0 radical (unpaired) electrons. The van der Waals surface area contributed by atoms with Crippen LogP contribution in [0.5, 0.6) is 5.88 Å². The Hall–Kier alpha value is -3.69. The molecule has 3 N–H and O–H groups in total. The van der Waals surface area contributed by atoms with Crippen molar-refractivity contribution >= 4 is 28.5 Å². The fourth-order valence-electron chi connectivity index (χ4n) is 4.27. The van der Waals surface area contributed by atoms with Gasteiger partial charge in [-0.3, -0.25) is 4.79 Å². The van der Waals surface area contributed by atoms with Crippen LogP contribution in [0.15, 0.2) is 30.9 Å². The number of methoxy groups -OCH3 is 1. The van der Waals surface area contributed by atoms with Crippen molar-refractivity contribution < 1.29 is 9.53 Å². The highest BCUT2D eigenvalue weighted by atomic mass is 16.5. The van der Waals surface area contributed by atoms with Gasteiger partial charge in [0.25, 0.3) is 0 Å². The summed E-state index contributed by atoms with van der Waals surface area (Å²) in [7, 11) is 1.61. The molecule has 0 saturated heterocycles. The quantitative estimate of drug-likeness (QED) is 0.453. The number of fused-ring (bicyclic) bond motifs is 2. The van der Waals surface area contributed by atoms with E-state index in [9.17, 15) is 4.79 Å². The Morgan fingerprint density at radius 3 is 2.81 bits per heavy atom. The van der Waals surface area contributed by atoms with Gasteiger partial charge < -0.3 is 20.4 Å². The highest BCUT2D eigenvalue weighted by Crippen LogP contribution is 2.35. The summed E-state index contributed by atoms with van der Waals surface area (Å²) in [6.07, 6.45) is 9.08. The van der Waals surface area contributed by atoms with Gasteiger partial charge in [-0.05, 0) is 43.4 Å². The first-order chi connectivity index (χ1) is 15.1. The molecule has 10 nitrogen and oxygen atoms in total. The number of nitrogens with zero attached hydrogens (tertiary/aromatic N) is 5. The Morgan fingerprint density at radius 2 is 2.03 bits per heavy atom. The lowest BCUT2D eigenvalue weighted by Crippen LogP contribution is -2.39. The number of nitrogens with one attached hydrogen (secondary N) is 3. The standard InChI is InChI=1S/C21H24N8O2/c1-12(30)25-14-3-5-15(6-4-14)26-21-27-19-18(20(28-21)31-2)16(10-22-19)13-7-8-29-17(9-13)23-11-24-29/h7-11,14-15H,3-6H2,1-2H3,(H,25,30)(H2,22,26,27,28). The van der Waals surface area contributed by atoms with Crippen LogP contribution in [0.4, 0.5) is 5.95 Å². The number of carbonyl (C=O) groups excluding carboxylic acids is 1. The molecule has 0 atom stereocenters. The van der Waals surface area contributed by atoms with E-state index in [-0.39, 0.29) is 18.0 Å². The number of amides is 1. The normalized spacial score (nSPS) is 18.9. The first-order valence-electron chi connectivity index (χ1n) is 10.4. The second-order valence-corrected chi connectivity index (χ2v) is 7.85. The molecule has 0 bridgehead atoms. The summed E-state index contributed by atoms with van der Waals surface area (Å²) in [5, 5.41) is 11.4. The molecular weight excluding hydrogens is 396 g/mol. The molecule has 4 aromatic rings. The largest absolute Gasteiger partial charge is 0.480 e. The molecule has 0 unspecified atom stereocenters. The lowest BCUT2D eigenvalue weighted by Gasteiger charge is -2.29. The van der Waals surface area contributed by atoms with Crippen molar-refractivity contribution in [3.8, 4) is 17.0 Å². The van der Waals surface area contributed by atoms with E-state index in [4.69, 9.17) is 4.74 Å². The number of aromatic amines is 1. The van der Waals surface area contributed by atoms with Gasteiger partial charge in [0.2, 0.25) is 17.7 Å². The van der Waals surface area contributed by atoms with Crippen molar-refractivity contribution in [3.05, 3.63) is 30.9 Å². The van der Waals surface area contributed by atoms with Gasteiger partial charge in [0.15, 0.2) is 5.65 Å². The zero-order valence-corrected chi connectivity index (χ0v) is 17.4. The van der Waals surface area contributed by atoms with Crippen LogP contribution in [-0.4, -0.2) is 54.7 Å². The fourth-order valence-corrected chi connectivity index (χ4v) is 4.27. The first-order valence-corrected chi connectivity index (χ1v) is 10.4. The molecule has 0 spiro atoms. The van der Waals surface area contributed by atoms with Crippen molar-refractivity contribution in [2.24, 2.45) is 0 Å². The number of H-pyrrole nitrogens is 1. The molecule has 1 amide bonds. The zero-order chi connectivity index (χ0) is 21.4. The third-order valence-corrected chi connectivity index (χ3v) is 5.75. The molecule has 5 rings (SSSR count). The molecule has 4 heterocycles. The summed E-state index contributed by atoms with van der Waals surface area (Å²) in [6.45, 7) is 1.56. The van der Waals surface area contributed by atoms with Gasteiger partial charge in [-0.25, -0.2) is 9.50 Å². The molecule has 0 aliphatic heterocycles. The van der Waals surface area contributed by atoms with Crippen LogP contribution in [0, 0.1) is 0 Å². The lowest BCUT2D eigenvalue weighted by atomic mass is 9.91. The molecule has 1 aliphatic rings. The van der Waals surface area contributed by atoms with E-state index in [0.717, 1.165) is 47.8 Å². The molecule has 1 aliphatic carbocycles. The van der Waals surface area contributed by atoms with Gasteiger partial charge >= 0.3 is 0 Å². The van der Waals surface area contributed by atoms with E-state index in [1.807, 2.05) is 24.5 Å². The summed E-state index contributed by atoms with van der Waals surface area (Å²) >= 11 is 0. The number of anilines is 1. The topological polar surface area (TPSA) is 122 Å². The average molecular weight is 420 g/mol. The summed E-state index contributed by atoms with van der Waals surface area (Å²) in [5.74, 6) is 1.08. The van der Waals surface area contributed by atoms with Crippen LogP contribution in [-0.2, 0) is 4.79 Å². The van der Waals surface area contributed by atoms with E-state index < -0.39 is 0 Å². The minimum Gasteiger partial charge on any atom is -0.480 e. The number of hydrogen-bond acceptors (Lipinski definition) is 7. The molecule has 0 aromatic carbocycles. The third-order valence-electron chi connectivity index (χ3n) is 5.75. The van der Waals surface area contributed by atoms with Gasteiger partial charge in [-0.15, -0.1) is 0 Å². The molecular formula is C21H24N8O2. The van der Waals surface area contributed by atoms with Gasteiger partial charge in [0, 0.05) is 37.0 Å². The number of hydrogen-bond donors (Lipinski definition) is 3. The summed E-state index contributed by atoms with van der Waals surface area (Å²) < 4.78 is 7.34. The van der Waals surface area contributed by atoms with Gasteiger partial charge in [0.1, 0.15) is 12.0 Å². The minimum absolute atomic E-state index is 0.0284. The van der Waals surface area contributed by atoms with E-state index in [2.05, 4.69) is 35.7 Å². The van der Waals surface area contributed by atoms with E-state index in [1.165, 1.54) is 6.33 Å². The Kier molecular flexibility index (Phi) is 4.89.